The molecule has 2 fully saturated rings. The van der Waals surface area contributed by atoms with Gasteiger partial charge in [0.25, 0.3) is 5.91 Å². The Hall–Kier alpha value is -4.04. The molecule has 2 aliphatic heterocycles. The molecule has 2 atom stereocenters. The van der Waals surface area contributed by atoms with Gasteiger partial charge in [-0.05, 0) is 51.0 Å². The van der Waals surface area contributed by atoms with Crippen molar-refractivity contribution >= 4 is 27.3 Å². The Morgan fingerprint density at radius 2 is 1.51 bits per heavy atom. The SMILES string of the molecule is CC(C)=CC(=C1C(=O)N2[C@@H](C(=O)OC(c3ccccc3)c3ccccc3)C(C)(C)S(=O)(=O)[C@H]12)c1ccccn1. The van der Waals surface area contributed by atoms with Crippen LogP contribution >= 0.6 is 0 Å². The molecule has 0 aliphatic carbocycles. The smallest absolute Gasteiger partial charge is 0.331 e. The summed E-state index contributed by atoms with van der Waals surface area (Å²) in [6.45, 7) is 6.70. The molecule has 7 nitrogen and oxygen atoms in total. The van der Waals surface area contributed by atoms with Crippen LogP contribution in [0.5, 0.6) is 0 Å². The lowest BCUT2D eigenvalue weighted by molar-refractivity contribution is -0.160. The predicted molar refractivity (Wildman–Crippen MR) is 149 cm³/mol. The molecule has 0 unspecified atom stereocenters. The van der Waals surface area contributed by atoms with Gasteiger partial charge in [0.1, 0.15) is 4.75 Å². The number of carbonyl (C=O) groups is 2. The first-order valence-electron chi connectivity index (χ1n) is 12.7. The molecule has 200 valence electrons. The number of rotatable bonds is 6. The molecular formula is C31H30N2O5S. The molecule has 8 heteroatoms. The predicted octanol–water partition coefficient (Wildman–Crippen LogP) is 4.88. The molecule has 2 aliphatic rings. The zero-order valence-electron chi connectivity index (χ0n) is 22.2. The number of ether oxygens (including phenoxy) is 1. The standard InChI is InChI=1S/C31H30N2O5S/c1-20(2)19-23(24-17-11-12-18-32-24)25-28(34)33-27(31(3,4)39(36,37)29(25)33)30(35)38-26(21-13-7-5-8-14-21)22-15-9-6-10-16-22/h5-19,26-27,29H,1-4H3/t27-,29+/m0/s1. The molecule has 1 aromatic heterocycles. The molecule has 0 saturated carbocycles. The van der Waals surface area contributed by atoms with E-state index in [0.717, 1.165) is 16.7 Å². The van der Waals surface area contributed by atoms with Gasteiger partial charge in [0.15, 0.2) is 27.4 Å². The lowest BCUT2D eigenvalue weighted by Crippen LogP contribution is -2.59. The maximum atomic E-state index is 13.9. The van der Waals surface area contributed by atoms with Crippen LogP contribution in [0.4, 0.5) is 0 Å². The number of carbonyl (C=O) groups excluding carboxylic acids is 2. The van der Waals surface area contributed by atoms with Crippen LogP contribution in [0.15, 0.2) is 102 Å². The van der Waals surface area contributed by atoms with E-state index in [2.05, 4.69) is 4.98 Å². The molecular weight excluding hydrogens is 512 g/mol. The van der Waals surface area contributed by atoms with Crippen molar-refractivity contribution in [1.82, 2.24) is 9.88 Å². The summed E-state index contributed by atoms with van der Waals surface area (Å²) in [5.41, 5.74) is 3.43. The Balaban J connectivity index is 1.57. The maximum absolute atomic E-state index is 13.9. The van der Waals surface area contributed by atoms with E-state index in [4.69, 9.17) is 4.74 Å². The first kappa shape index (κ1) is 26.6. The van der Waals surface area contributed by atoms with Crippen LogP contribution in [0.25, 0.3) is 5.57 Å². The Labute approximate surface area is 228 Å². The number of aromatic nitrogens is 1. The Bertz CT molecular complexity index is 1540. The second-order valence-corrected chi connectivity index (χ2v) is 13.1. The van der Waals surface area contributed by atoms with Gasteiger partial charge >= 0.3 is 5.97 Å². The third-order valence-electron chi connectivity index (χ3n) is 7.25. The summed E-state index contributed by atoms with van der Waals surface area (Å²) in [7, 11) is -4.01. The number of hydrogen-bond acceptors (Lipinski definition) is 6. The number of β-lactam (4-membered cyclic amide) rings is 1. The van der Waals surface area contributed by atoms with Crippen molar-refractivity contribution in [2.75, 3.05) is 0 Å². The zero-order chi connectivity index (χ0) is 27.9. The van der Waals surface area contributed by atoms with Gasteiger partial charge in [-0.2, -0.15) is 0 Å². The lowest BCUT2D eigenvalue weighted by atomic mass is 9.90. The second-order valence-electron chi connectivity index (χ2n) is 10.5. The van der Waals surface area contributed by atoms with E-state index in [1.54, 1.807) is 30.5 Å². The van der Waals surface area contributed by atoms with Gasteiger partial charge in [0.2, 0.25) is 0 Å². The van der Waals surface area contributed by atoms with Crippen LogP contribution in [0.2, 0.25) is 0 Å². The number of hydrogen-bond donors (Lipinski definition) is 0. The van der Waals surface area contributed by atoms with Crippen molar-refractivity contribution in [2.24, 2.45) is 0 Å². The van der Waals surface area contributed by atoms with Crippen LogP contribution < -0.4 is 0 Å². The topological polar surface area (TPSA) is 93.6 Å². The summed E-state index contributed by atoms with van der Waals surface area (Å²) >= 11 is 0. The Morgan fingerprint density at radius 3 is 2.03 bits per heavy atom. The van der Waals surface area contributed by atoms with E-state index in [0.29, 0.717) is 11.3 Å². The highest BCUT2D eigenvalue weighted by molar-refractivity contribution is 7.94. The van der Waals surface area contributed by atoms with Crippen LogP contribution in [0, 0.1) is 0 Å². The van der Waals surface area contributed by atoms with Crippen LogP contribution in [0.1, 0.15) is 50.6 Å². The number of sulfone groups is 1. The molecule has 39 heavy (non-hydrogen) atoms. The van der Waals surface area contributed by atoms with Crippen molar-refractivity contribution < 1.29 is 22.7 Å². The van der Waals surface area contributed by atoms with Gasteiger partial charge in [-0.25, -0.2) is 13.2 Å². The van der Waals surface area contributed by atoms with Crippen LogP contribution in [0.3, 0.4) is 0 Å². The molecule has 0 radical (unpaired) electrons. The normalized spacial score (nSPS) is 22.1. The fourth-order valence-electron chi connectivity index (χ4n) is 5.27. The molecule has 3 aromatic rings. The number of amides is 1. The zero-order valence-corrected chi connectivity index (χ0v) is 23.1. The Kier molecular flexibility index (Phi) is 6.76. The molecule has 0 bridgehead atoms. The summed E-state index contributed by atoms with van der Waals surface area (Å²) in [6.07, 6.45) is 2.59. The third kappa shape index (κ3) is 4.38. The summed E-state index contributed by atoms with van der Waals surface area (Å²) in [4.78, 5) is 33.1. The van der Waals surface area contributed by atoms with Crippen molar-refractivity contribution in [1.29, 1.82) is 0 Å². The number of allylic oxidation sites excluding steroid dienone is 3. The fraction of sp³-hybridized carbons (Fsp3) is 0.258. The highest BCUT2D eigenvalue weighted by Gasteiger charge is 2.71. The monoisotopic (exact) mass is 542 g/mol. The van der Waals surface area contributed by atoms with Gasteiger partial charge in [0, 0.05) is 11.8 Å². The van der Waals surface area contributed by atoms with Crippen LogP contribution in [-0.2, 0) is 24.2 Å². The average molecular weight is 543 g/mol. The summed E-state index contributed by atoms with van der Waals surface area (Å²) in [6, 6.07) is 22.4. The van der Waals surface area contributed by atoms with Gasteiger partial charge in [-0.3, -0.25) is 9.78 Å². The van der Waals surface area contributed by atoms with Gasteiger partial charge in [-0.1, -0.05) is 78.4 Å². The summed E-state index contributed by atoms with van der Waals surface area (Å²) in [5, 5.41) is -1.27. The highest BCUT2D eigenvalue weighted by Crippen LogP contribution is 2.51. The van der Waals surface area contributed by atoms with Gasteiger partial charge in [0.05, 0.1) is 11.3 Å². The van der Waals surface area contributed by atoms with E-state index in [1.165, 1.54) is 18.7 Å². The molecule has 2 saturated heterocycles. The van der Waals surface area contributed by atoms with E-state index in [-0.39, 0.29) is 5.57 Å². The molecule has 1 amide bonds. The Morgan fingerprint density at radius 1 is 0.949 bits per heavy atom. The first-order chi connectivity index (χ1) is 18.6. The summed E-state index contributed by atoms with van der Waals surface area (Å²) < 4.78 is 32.3. The minimum atomic E-state index is -4.01. The van der Waals surface area contributed by atoms with Crippen molar-refractivity contribution in [2.45, 2.75) is 50.0 Å². The van der Waals surface area contributed by atoms with Crippen molar-refractivity contribution in [3.05, 3.63) is 119 Å². The minimum Gasteiger partial charge on any atom is -0.451 e. The van der Waals surface area contributed by atoms with Crippen molar-refractivity contribution in [3.8, 4) is 0 Å². The molecule has 0 N–H and O–H groups in total. The maximum Gasteiger partial charge on any atom is 0.331 e. The number of pyridine rings is 1. The first-order valence-corrected chi connectivity index (χ1v) is 14.3. The van der Waals surface area contributed by atoms with E-state index < -0.39 is 44.0 Å². The summed E-state index contributed by atoms with van der Waals surface area (Å²) in [5.74, 6) is -1.27. The van der Waals surface area contributed by atoms with E-state index in [9.17, 15) is 18.0 Å². The molecule has 0 spiro atoms. The third-order valence-corrected chi connectivity index (χ3v) is 9.99. The lowest BCUT2D eigenvalue weighted by Gasteiger charge is -2.40. The quantitative estimate of drug-likeness (QED) is 0.250. The largest absolute Gasteiger partial charge is 0.451 e. The molecule has 2 aromatic carbocycles. The number of esters is 1. The van der Waals surface area contributed by atoms with Gasteiger partial charge in [-0.15, -0.1) is 0 Å². The number of benzene rings is 2. The fourth-order valence-corrected chi connectivity index (χ4v) is 7.42. The molecule has 5 rings (SSSR count). The number of nitrogens with zero attached hydrogens (tertiary/aromatic N) is 2. The minimum absolute atomic E-state index is 0.126. The highest BCUT2D eigenvalue weighted by atomic mass is 32.2. The second kappa shape index (κ2) is 9.93. The van der Waals surface area contributed by atoms with E-state index >= 15 is 0 Å². The van der Waals surface area contributed by atoms with Gasteiger partial charge < -0.3 is 9.64 Å². The van der Waals surface area contributed by atoms with E-state index in [1.807, 2.05) is 74.5 Å². The van der Waals surface area contributed by atoms with Crippen LogP contribution in [-0.4, -0.2) is 46.3 Å². The molecule has 3 heterocycles. The average Bonchev–Trinajstić information content (AvgIpc) is 3.07. The number of fused-ring (bicyclic) bond motifs is 1. The van der Waals surface area contributed by atoms with Crippen molar-refractivity contribution in [3.63, 3.8) is 0 Å².